The molecule has 248 valence electrons. The van der Waals surface area contributed by atoms with Crippen molar-refractivity contribution in [3.8, 4) is 67.5 Å². The molecule has 0 saturated carbocycles. The summed E-state index contributed by atoms with van der Waals surface area (Å²) >= 11 is 0. The molecule has 0 amide bonds. The predicted molar refractivity (Wildman–Crippen MR) is 217 cm³/mol. The van der Waals surface area contributed by atoms with Crippen molar-refractivity contribution in [2.75, 3.05) is 0 Å². The lowest BCUT2D eigenvalue weighted by Gasteiger charge is -2.15. The quantitative estimate of drug-likeness (QED) is 0.174. The molecule has 0 atom stereocenters. The van der Waals surface area contributed by atoms with Gasteiger partial charge in [-0.25, -0.2) is 15.0 Å². The first kappa shape index (κ1) is 16.4. The lowest BCUT2D eigenvalue weighted by Crippen LogP contribution is -2.01. The fourth-order valence-corrected chi connectivity index (χ4v) is 6.21. The second-order valence-corrected chi connectivity index (χ2v) is 11.7. The predicted octanol–water partition coefficient (Wildman–Crippen LogP) is 12.9. The van der Waals surface area contributed by atoms with Gasteiger partial charge in [0, 0.05) is 27.5 Å². The van der Waals surface area contributed by atoms with Crippen LogP contribution in [0, 0.1) is 0 Å². The van der Waals surface area contributed by atoms with E-state index >= 15 is 0 Å². The maximum Gasteiger partial charge on any atom is 0.164 e. The Bertz CT molecular complexity index is 4060. The first-order valence-corrected chi connectivity index (χ1v) is 16.1. The second kappa shape index (κ2) is 12.9. The van der Waals surface area contributed by atoms with Crippen molar-refractivity contribution in [2.45, 2.75) is 0 Å². The van der Waals surface area contributed by atoms with Gasteiger partial charge in [0.05, 0.1) is 27.4 Å². The lowest BCUT2D eigenvalue weighted by atomic mass is 9.90. The van der Waals surface area contributed by atoms with E-state index in [0.717, 1.165) is 11.5 Å². The van der Waals surface area contributed by atoms with Crippen molar-refractivity contribution >= 4 is 32.7 Å². The third-order valence-electron chi connectivity index (χ3n) is 8.61. The topological polar surface area (TPSA) is 51.8 Å². The summed E-state index contributed by atoms with van der Waals surface area (Å²) in [5.74, 6) is -1.25. The van der Waals surface area contributed by atoms with E-state index in [1.54, 1.807) is 24.3 Å². The van der Waals surface area contributed by atoms with Gasteiger partial charge >= 0.3 is 0 Å². The number of nitrogens with zero attached hydrogens (tertiary/aromatic N) is 3. The lowest BCUT2D eigenvalue weighted by molar-refractivity contribution is 0.669. The fraction of sp³-hybridized carbons (Fsp3) is 0. The van der Waals surface area contributed by atoms with Gasteiger partial charge in [0.2, 0.25) is 0 Å². The Morgan fingerprint density at radius 1 is 0.377 bits per heavy atom. The highest BCUT2D eigenvalue weighted by molar-refractivity contribution is 6.11. The maximum atomic E-state index is 9.32. The zero-order valence-electron chi connectivity index (χ0n) is 47.1. The van der Waals surface area contributed by atoms with Crippen LogP contribution in [0.5, 0.6) is 0 Å². The smallest absolute Gasteiger partial charge is 0.164 e. The van der Waals surface area contributed by atoms with Crippen molar-refractivity contribution in [2.24, 2.45) is 0 Å². The molecule has 4 heteroatoms. The molecular weight excluding hydrogens is 647 g/mol. The molecule has 53 heavy (non-hydrogen) atoms. The molecule has 2 heterocycles. The van der Waals surface area contributed by atoms with Crippen LogP contribution in [0.4, 0.5) is 0 Å². The van der Waals surface area contributed by atoms with Crippen molar-refractivity contribution in [3.05, 3.63) is 188 Å². The summed E-state index contributed by atoms with van der Waals surface area (Å²) in [5.41, 5.74) is -1.37. The molecule has 0 unspecified atom stereocenters. The molecule has 0 bridgehead atoms. The highest BCUT2D eigenvalue weighted by Gasteiger charge is 2.19. The molecule has 0 N–H and O–H groups in total. The molecule has 0 fully saturated rings. The van der Waals surface area contributed by atoms with E-state index < -0.39 is 155 Å². The summed E-state index contributed by atoms with van der Waals surface area (Å²) in [6.07, 6.45) is 0. The van der Waals surface area contributed by atoms with Crippen LogP contribution in [-0.4, -0.2) is 15.0 Å². The SMILES string of the molecule is [2H]c1cc(-c2c([2H])c([2H])c([2H])c([2H])c2[2H])c([2H])c([2H])c1-c1nc(-c2ccc(-c3c([2H])c([2H])c([2H])c([2H])c3[2H])c(-c3cccc4ccccc34)c2)nc(-c2c([2H])c([2H])c([2H])c3oc4c([2H])c([2H])c([2H])c([2H])c4c23)n1. The van der Waals surface area contributed by atoms with Crippen LogP contribution in [-0.2, 0) is 0 Å². The average molecular weight is 698 g/mol. The van der Waals surface area contributed by atoms with Crippen LogP contribution in [0.3, 0.4) is 0 Å². The van der Waals surface area contributed by atoms with E-state index in [-0.39, 0.29) is 44.4 Å². The summed E-state index contributed by atoms with van der Waals surface area (Å²) in [5, 5.41) is 0.956. The molecule has 10 aromatic rings. The van der Waals surface area contributed by atoms with Crippen LogP contribution in [0.2, 0.25) is 0 Å². The van der Waals surface area contributed by atoms with Crippen molar-refractivity contribution < 1.29 is 31.8 Å². The third kappa shape index (κ3) is 5.54. The molecule has 2 aromatic heterocycles. The van der Waals surface area contributed by atoms with Gasteiger partial charge in [-0.3, -0.25) is 0 Å². The summed E-state index contributed by atoms with van der Waals surface area (Å²) in [4.78, 5) is 14.1. The Balaban J connectivity index is 1.33. The molecule has 4 nitrogen and oxygen atoms in total. The van der Waals surface area contributed by atoms with E-state index in [0.29, 0.717) is 16.5 Å². The monoisotopic (exact) mass is 697 g/mol. The normalized spacial score (nSPS) is 16.7. The molecule has 8 aromatic carbocycles. The van der Waals surface area contributed by atoms with E-state index in [4.69, 9.17) is 37.7 Å². The highest BCUT2D eigenvalue weighted by atomic mass is 16.3. The number of aromatic nitrogens is 3. The summed E-state index contributed by atoms with van der Waals surface area (Å²) in [7, 11) is 0. The number of hydrogen-bond acceptors (Lipinski definition) is 4. The van der Waals surface area contributed by atoms with Crippen LogP contribution >= 0.6 is 0 Å². The number of benzene rings is 8. The van der Waals surface area contributed by atoms with Crippen molar-refractivity contribution in [1.29, 1.82) is 0 Å². The summed E-state index contributed by atoms with van der Waals surface area (Å²) in [6.45, 7) is 0. The van der Waals surface area contributed by atoms with Gasteiger partial charge < -0.3 is 4.42 Å². The molecule has 0 aliphatic heterocycles. The number of fused-ring (bicyclic) bond motifs is 4. The number of hydrogen-bond donors (Lipinski definition) is 0. The zero-order chi connectivity index (χ0) is 52.5. The maximum absolute atomic E-state index is 9.32. The van der Waals surface area contributed by atoms with Crippen molar-refractivity contribution in [3.63, 3.8) is 0 Å². The number of furan rings is 1. The highest BCUT2D eigenvalue weighted by Crippen LogP contribution is 2.40. The van der Waals surface area contributed by atoms with E-state index in [1.165, 1.54) is 12.1 Å². The minimum Gasteiger partial charge on any atom is -0.456 e. The Hall–Kier alpha value is -7.17. The van der Waals surface area contributed by atoms with Crippen LogP contribution in [0.1, 0.15) is 27.4 Å². The Labute approximate surface area is 334 Å². The zero-order valence-corrected chi connectivity index (χ0v) is 27.1. The van der Waals surface area contributed by atoms with Gasteiger partial charge in [-0.05, 0) is 62.3 Å². The van der Waals surface area contributed by atoms with Gasteiger partial charge in [-0.15, -0.1) is 0 Å². The molecule has 0 aliphatic carbocycles. The first-order valence-electron chi connectivity index (χ1n) is 26.1. The molecule has 10 rings (SSSR count). The molecular formula is C49H31N3O. The largest absolute Gasteiger partial charge is 0.456 e. The first-order chi connectivity index (χ1) is 34.6. The van der Waals surface area contributed by atoms with E-state index in [1.807, 2.05) is 24.3 Å². The summed E-state index contributed by atoms with van der Waals surface area (Å²) < 4.78 is 180. The van der Waals surface area contributed by atoms with E-state index in [9.17, 15) is 4.11 Å². The minimum absolute atomic E-state index is 0.131. The Morgan fingerprint density at radius 2 is 1.08 bits per heavy atom. The Morgan fingerprint density at radius 3 is 1.94 bits per heavy atom. The van der Waals surface area contributed by atoms with Crippen molar-refractivity contribution in [1.82, 2.24) is 15.0 Å². The Kier molecular flexibility index (Phi) is 3.99. The van der Waals surface area contributed by atoms with E-state index in [2.05, 4.69) is 4.98 Å². The van der Waals surface area contributed by atoms with Gasteiger partial charge in [-0.2, -0.15) is 0 Å². The van der Waals surface area contributed by atoms with Gasteiger partial charge in [-0.1, -0.05) is 169 Å². The third-order valence-corrected chi connectivity index (χ3v) is 8.61. The second-order valence-electron chi connectivity index (χ2n) is 11.7. The standard InChI is InChI=1S/C49H31N3O/c1-3-13-32(14-4-1)33-25-27-36(28-26-33)47-50-48(52-49(51-47)42-22-12-24-45-46(42)41-20-9-10-23-44(41)53-45)37-29-30-39(34-15-5-2-6-16-34)43(31-37)40-21-11-18-35-17-7-8-19-38(35)40/h1-31H/i1D,2D,3D,4D,5D,6D,9D,10D,12D,13D,14D,15D,16D,20D,22D,23D,24D,25D,27D,28D. The summed E-state index contributed by atoms with van der Waals surface area (Å²) in [6, 6.07) is 5.37. The average Bonchev–Trinajstić information content (AvgIpc) is 3.78. The van der Waals surface area contributed by atoms with Crippen LogP contribution in [0.15, 0.2) is 192 Å². The van der Waals surface area contributed by atoms with Crippen LogP contribution in [0.25, 0.3) is 100 Å². The molecule has 0 aliphatic rings. The van der Waals surface area contributed by atoms with Gasteiger partial charge in [0.25, 0.3) is 0 Å². The molecule has 0 spiro atoms. The van der Waals surface area contributed by atoms with Gasteiger partial charge in [0.1, 0.15) is 11.2 Å². The molecule has 0 radical (unpaired) electrons. The van der Waals surface area contributed by atoms with Crippen LogP contribution < -0.4 is 0 Å². The fourth-order valence-electron chi connectivity index (χ4n) is 6.21. The minimum atomic E-state index is -0.743. The molecule has 0 saturated heterocycles. The van der Waals surface area contributed by atoms with Gasteiger partial charge in [0.15, 0.2) is 17.5 Å². The number of rotatable bonds is 6. The number of para-hydroxylation sites is 1.